The lowest BCUT2D eigenvalue weighted by Crippen LogP contribution is -2.19. The van der Waals surface area contributed by atoms with Crippen LogP contribution in [0.3, 0.4) is 0 Å². The number of aliphatic imine (C=N–C) groups is 1. The van der Waals surface area contributed by atoms with Crippen molar-refractivity contribution in [1.29, 1.82) is 0 Å². The SMILES string of the molecule is O=C1NC(=Nc2ccccc2C(=O)O)S/C1=C\c1ccccc1Cl. The van der Waals surface area contributed by atoms with E-state index in [4.69, 9.17) is 11.6 Å². The summed E-state index contributed by atoms with van der Waals surface area (Å²) in [7, 11) is 0. The van der Waals surface area contributed by atoms with Crippen molar-refractivity contribution in [2.75, 3.05) is 0 Å². The molecule has 0 unspecified atom stereocenters. The van der Waals surface area contributed by atoms with Crippen LogP contribution < -0.4 is 5.32 Å². The molecule has 1 amide bonds. The summed E-state index contributed by atoms with van der Waals surface area (Å²) in [6.45, 7) is 0. The van der Waals surface area contributed by atoms with Crippen LogP contribution in [0.2, 0.25) is 5.02 Å². The molecule has 1 fully saturated rings. The highest BCUT2D eigenvalue weighted by Crippen LogP contribution is 2.30. The Hall–Kier alpha value is -2.57. The van der Waals surface area contributed by atoms with Gasteiger partial charge >= 0.3 is 5.97 Å². The molecule has 1 aliphatic heterocycles. The van der Waals surface area contributed by atoms with Gasteiger partial charge in [-0.05, 0) is 41.6 Å². The number of carboxylic acid groups (broad SMARTS) is 1. The van der Waals surface area contributed by atoms with E-state index in [0.717, 1.165) is 17.3 Å². The first-order chi connectivity index (χ1) is 11.5. The van der Waals surface area contributed by atoms with Crippen LogP contribution in [0.5, 0.6) is 0 Å². The molecule has 2 aromatic rings. The third-order valence-electron chi connectivity index (χ3n) is 3.20. The minimum absolute atomic E-state index is 0.0726. The van der Waals surface area contributed by atoms with E-state index in [1.165, 1.54) is 6.07 Å². The van der Waals surface area contributed by atoms with E-state index in [-0.39, 0.29) is 17.2 Å². The Balaban J connectivity index is 1.91. The average molecular weight is 359 g/mol. The molecule has 2 aromatic carbocycles. The van der Waals surface area contributed by atoms with Crippen molar-refractivity contribution in [3.05, 3.63) is 69.6 Å². The predicted octanol–water partition coefficient (Wildman–Crippen LogP) is 3.93. The Kier molecular flexibility index (Phi) is 4.69. The highest BCUT2D eigenvalue weighted by Gasteiger charge is 2.24. The molecular weight excluding hydrogens is 348 g/mol. The van der Waals surface area contributed by atoms with Gasteiger partial charge in [-0.15, -0.1) is 0 Å². The lowest BCUT2D eigenvalue weighted by molar-refractivity contribution is -0.115. The molecule has 3 rings (SSSR count). The molecule has 0 spiro atoms. The second kappa shape index (κ2) is 6.90. The number of carbonyl (C=O) groups is 2. The van der Waals surface area contributed by atoms with Gasteiger partial charge in [-0.1, -0.05) is 41.9 Å². The van der Waals surface area contributed by atoms with Gasteiger partial charge in [-0.25, -0.2) is 9.79 Å². The van der Waals surface area contributed by atoms with Crippen LogP contribution in [0.1, 0.15) is 15.9 Å². The van der Waals surface area contributed by atoms with E-state index in [1.54, 1.807) is 36.4 Å². The summed E-state index contributed by atoms with van der Waals surface area (Å²) >= 11 is 7.23. The molecule has 7 heteroatoms. The van der Waals surface area contributed by atoms with E-state index < -0.39 is 5.97 Å². The number of amidine groups is 1. The number of thioether (sulfide) groups is 1. The van der Waals surface area contributed by atoms with E-state index in [1.807, 2.05) is 12.1 Å². The van der Waals surface area contributed by atoms with E-state index in [0.29, 0.717) is 15.1 Å². The number of amides is 1. The molecule has 0 atom stereocenters. The summed E-state index contributed by atoms with van der Waals surface area (Å²) in [5.41, 5.74) is 1.08. The maximum Gasteiger partial charge on any atom is 0.337 e. The van der Waals surface area contributed by atoms with Crippen molar-refractivity contribution >= 4 is 52.2 Å². The van der Waals surface area contributed by atoms with Crippen molar-refractivity contribution in [2.45, 2.75) is 0 Å². The molecule has 1 heterocycles. The fourth-order valence-electron chi connectivity index (χ4n) is 2.08. The van der Waals surface area contributed by atoms with Crippen LogP contribution in [-0.2, 0) is 4.79 Å². The molecule has 0 aliphatic carbocycles. The summed E-state index contributed by atoms with van der Waals surface area (Å²) in [4.78, 5) is 28.0. The van der Waals surface area contributed by atoms with E-state index >= 15 is 0 Å². The number of benzene rings is 2. The van der Waals surface area contributed by atoms with Gasteiger partial charge in [0.1, 0.15) is 0 Å². The molecule has 5 nitrogen and oxygen atoms in total. The fourth-order valence-corrected chi connectivity index (χ4v) is 3.09. The van der Waals surface area contributed by atoms with Crippen LogP contribution in [-0.4, -0.2) is 22.2 Å². The number of halogens is 1. The Labute approximate surface area is 147 Å². The lowest BCUT2D eigenvalue weighted by Gasteiger charge is -2.01. The fraction of sp³-hybridized carbons (Fsp3) is 0. The topological polar surface area (TPSA) is 78.8 Å². The standard InChI is InChI=1S/C17H11ClN2O3S/c18-12-7-3-1-5-10(12)9-14-15(21)20-17(24-14)19-13-8-4-2-6-11(13)16(22)23/h1-9H,(H,22,23)(H,19,20,21)/b14-9-. The largest absolute Gasteiger partial charge is 0.478 e. The maximum atomic E-state index is 12.1. The number of nitrogens with one attached hydrogen (secondary N) is 1. The monoisotopic (exact) mass is 358 g/mol. The Bertz CT molecular complexity index is 893. The molecule has 0 bridgehead atoms. The second-order valence-electron chi connectivity index (χ2n) is 4.83. The minimum atomic E-state index is -1.07. The third-order valence-corrected chi connectivity index (χ3v) is 4.45. The van der Waals surface area contributed by atoms with Crippen LogP contribution in [0.25, 0.3) is 6.08 Å². The summed E-state index contributed by atoms with van der Waals surface area (Å²) < 4.78 is 0. The smallest absolute Gasteiger partial charge is 0.337 e. The Morgan fingerprint density at radius 3 is 2.62 bits per heavy atom. The normalized spacial score (nSPS) is 17.3. The molecule has 120 valence electrons. The van der Waals surface area contributed by atoms with E-state index in [2.05, 4.69) is 10.3 Å². The third kappa shape index (κ3) is 3.50. The number of rotatable bonds is 3. The van der Waals surface area contributed by atoms with Gasteiger partial charge in [0.25, 0.3) is 5.91 Å². The molecular formula is C17H11ClN2O3S. The van der Waals surface area contributed by atoms with Crippen LogP contribution >= 0.6 is 23.4 Å². The van der Waals surface area contributed by atoms with E-state index in [9.17, 15) is 14.7 Å². The number of aromatic carboxylic acids is 1. The Morgan fingerprint density at radius 1 is 1.17 bits per heavy atom. The number of hydrogen-bond donors (Lipinski definition) is 2. The maximum absolute atomic E-state index is 12.1. The first-order valence-corrected chi connectivity index (χ1v) is 8.10. The molecule has 0 aromatic heterocycles. The Morgan fingerprint density at radius 2 is 1.88 bits per heavy atom. The zero-order chi connectivity index (χ0) is 17.1. The molecule has 24 heavy (non-hydrogen) atoms. The number of nitrogens with zero attached hydrogens (tertiary/aromatic N) is 1. The number of carbonyl (C=O) groups excluding carboxylic acids is 1. The predicted molar refractivity (Wildman–Crippen MR) is 95.7 cm³/mol. The zero-order valence-corrected chi connectivity index (χ0v) is 13.8. The van der Waals surface area contributed by atoms with Gasteiger partial charge < -0.3 is 10.4 Å². The molecule has 1 aliphatic rings. The first-order valence-electron chi connectivity index (χ1n) is 6.91. The van der Waals surface area contributed by atoms with Gasteiger partial charge in [0, 0.05) is 5.02 Å². The van der Waals surface area contributed by atoms with Gasteiger partial charge in [-0.3, -0.25) is 4.79 Å². The zero-order valence-electron chi connectivity index (χ0n) is 12.2. The lowest BCUT2D eigenvalue weighted by atomic mass is 10.2. The van der Waals surface area contributed by atoms with Gasteiger partial charge in [-0.2, -0.15) is 0 Å². The summed E-state index contributed by atoms with van der Waals surface area (Å²) in [5, 5.41) is 12.7. The molecule has 0 saturated carbocycles. The van der Waals surface area contributed by atoms with Crippen molar-refractivity contribution in [1.82, 2.24) is 5.32 Å². The molecule has 2 N–H and O–H groups in total. The minimum Gasteiger partial charge on any atom is -0.478 e. The first kappa shape index (κ1) is 16.3. The number of hydrogen-bond acceptors (Lipinski definition) is 4. The summed E-state index contributed by atoms with van der Waals surface area (Å²) in [6.07, 6.45) is 1.67. The van der Waals surface area contributed by atoms with Gasteiger partial charge in [0.15, 0.2) is 5.17 Å². The highest BCUT2D eigenvalue weighted by molar-refractivity contribution is 8.18. The highest BCUT2D eigenvalue weighted by atomic mass is 35.5. The van der Waals surface area contributed by atoms with Crippen molar-refractivity contribution in [3.63, 3.8) is 0 Å². The van der Waals surface area contributed by atoms with Crippen molar-refractivity contribution in [3.8, 4) is 0 Å². The van der Waals surface area contributed by atoms with Crippen LogP contribution in [0.15, 0.2) is 58.4 Å². The number of para-hydroxylation sites is 1. The number of carboxylic acids is 1. The summed E-state index contributed by atoms with van der Waals surface area (Å²) in [6, 6.07) is 13.5. The van der Waals surface area contributed by atoms with Gasteiger partial charge in [0.2, 0.25) is 0 Å². The molecule has 0 radical (unpaired) electrons. The molecule has 1 saturated heterocycles. The van der Waals surface area contributed by atoms with Crippen molar-refractivity contribution < 1.29 is 14.7 Å². The van der Waals surface area contributed by atoms with Crippen LogP contribution in [0, 0.1) is 0 Å². The van der Waals surface area contributed by atoms with Crippen LogP contribution in [0.4, 0.5) is 5.69 Å². The average Bonchev–Trinajstić information content (AvgIpc) is 2.89. The second-order valence-corrected chi connectivity index (χ2v) is 6.26. The van der Waals surface area contributed by atoms with Crippen molar-refractivity contribution in [2.24, 2.45) is 4.99 Å². The van der Waals surface area contributed by atoms with Gasteiger partial charge in [0.05, 0.1) is 16.2 Å². The quantitative estimate of drug-likeness (QED) is 0.815. The summed E-state index contributed by atoms with van der Waals surface area (Å²) in [5.74, 6) is -1.37.